The second-order valence-electron chi connectivity index (χ2n) is 6.66. The maximum absolute atomic E-state index is 13.3. The van der Waals surface area contributed by atoms with Crippen molar-refractivity contribution in [3.05, 3.63) is 54.6 Å². The van der Waals surface area contributed by atoms with Crippen LogP contribution >= 0.6 is 0 Å². The lowest BCUT2D eigenvalue weighted by Crippen LogP contribution is -2.57. The van der Waals surface area contributed by atoms with Crippen molar-refractivity contribution < 1.29 is 17.9 Å². The lowest BCUT2D eigenvalue weighted by molar-refractivity contribution is -0.118. The Balaban J connectivity index is 1.84. The lowest BCUT2D eigenvalue weighted by atomic mass is 10.0. The molecule has 0 aromatic heterocycles. The molecule has 0 bridgehead atoms. The van der Waals surface area contributed by atoms with Crippen molar-refractivity contribution in [3.63, 3.8) is 0 Å². The van der Waals surface area contributed by atoms with E-state index < -0.39 is 20.7 Å². The number of carbonyl (C=O) groups excluding carboxylic acids is 1. The van der Waals surface area contributed by atoms with Crippen molar-refractivity contribution >= 4 is 27.3 Å². The summed E-state index contributed by atoms with van der Waals surface area (Å²) in [6.45, 7) is 4.32. The summed E-state index contributed by atoms with van der Waals surface area (Å²) in [7, 11) is -3.86. The molecule has 1 amide bonds. The van der Waals surface area contributed by atoms with Crippen LogP contribution in [0.5, 0.6) is 5.75 Å². The Labute approximate surface area is 160 Å². The summed E-state index contributed by atoms with van der Waals surface area (Å²) in [6, 6.07) is 15.8. The van der Waals surface area contributed by atoms with Gasteiger partial charge in [-0.05, 0) is 63.1 Å². The van der Waals surface area contributed by atoms with Crippen LogP contribution in [-0.2, 0) is 14.8 Å². The molecule has 1 atom stereocenters. The Morgan fingerprint density at radius 1 is 1.15 bits per heavy atom. The molecule has 3 rings (SSSR count). The van der Waals surface area contributed by atoms with E-state index in [9.17, 15) is 13.2 Å². The highest BCUT2D eigenvalue weighted by Crippen LogP contribution is 2.36. The molecular formula is C20H24N2O4S. The van der Waals surface area contributed by atoms with Gasteiger partial charge >= 0.3 is 0 Å². The molecular weight excluding hydrogens is 364 g/mol. The number of carbonyl (C=O) groups is 1. The first kappa shape index (κ1) is 19.2. The molecule has 1 fully saturated rings. The predicted octanol–water partition coefficient (Wildman–Crippen LogP) is 3.41. The number of rotatable bonds is 5. The Kier molecular flexibility index (Phi) is 5.41. The largest absolute Gasteiger partial charge is 0.494 e. The Bertz CT molecular complexity index is 897. The van der Waals surface area contributed by atoms with Crippen molar-refractivity contribution in [3.8, 4) is 5.75 Å². The first-order valence-corrected chi connectivity index (χ1v) is 10.4. The molecule has 1 aliphatic rings. The number of hydrogen-bond acceptors (Lipinski definition) is 4. The summed E-state index contributed by atoms with van der Waals surface area (Å²) in [5.74, 6) is 0.176. The minimum atomic E-state index is -3.86. The summed E-state index contributed by atoms with van der Waals surface area (Å²) >= 11 is 0. The van der Waals surface area contributed by atoms with Gasteiger partial charge in [0, 0.05) is 12.2 Å². The zero-order chi connectivity index (χ0) is 19.5. The highest BCUT2D eigenvalue weighted by Gasteiger charge is 2.51. The third-order valence-corrected chi connectivity index (χ3v) is 7.32. The SMILES string of the molecule is CCOc1ccc(NC(=O)[C@@]2(C)CCCN(c3ccccc3)S2(=O)=O)cc1. The van der Waals surface area contributed by atoms with Crippen molar-refractivity contribution in [2.75, 3.05) is 22.8 Å². The summed E-state index contributed by atoms with van der Waals surface area (Å²) < 4.78 is 31.7. The van der Waals surface area contributed by atoms with Crippen molar-refractivity contribution in [2.45, 2.75) is 31.4 Å². The van der Waals surface area contributed by atoms with Crippen LogP contribution in [0.3, 0.4) is 0 Å². The number of hydrogen-bond donors (Lipinski definition) is 1. The number of sulfonamides is 1. The number of ether oxygens (including phenoxy) is 1. The fourth-order valence-corrected chi connectivity index (χ4v) is 5.15. The molecule has 144 valence electrons. The maximum Gasteiger partial charge on any atom is 0.249 e. The molecule has 0 radical (unpaired) electrons. The maximum atomic E-state index is 13.3. The normalized spacial score (nSPS) is 21.5. The molecule has 2 aromatic carbocycles. The molecule has 0 spiro atoms. The van der Waals surface area contributed by atoms with Gasteiger partial charge in [-0.25, -0.2) is 8.42 Å². The van der Waals surface area contributed by atoms with Gasteiger partial charge in [-0.2, -0.15) is 0 Å². The van der Waals surface area contributed by atoms with E-state index in [-0.39, 0.29) is 6.42 Å². The van der Waals surface area contributed by atoms with Gasteiger partial charge in [-0.1, -0.05) is 18.2 Å². The molecule has 1 aliphatic heterocycles. The van der Waals surface area contributed by atoms with Gasteiger partial charge in [0.2, 0.25) is 15.9 Å². The number of benzene rings is 2. The van der Waals surface area contributed by atoms with Crippen LogP contribution in [-0.4, -0.2) is 32.2 Å². The molecule has 6 nitrogen and oxygen atoms in total. The third-order valence-electron chi connectivity index (χ3n) is 4.82. The van der Waals surface area contributed by atoms with Crippen LogP contribution in [0.1, 0.15) is 26.7 Å². The van der Waals surface area contributed by atoms with E-state index in [1.807, 2.05) is 13.0 Å². The number of nitrogens with one attached hydrogen (secondary N) is 1. The highest BCUT2D eigenvalue weighted by atomic mass is 32.2. The van der Waals surface area contributed by atoms with Crippen LogP contribution in [0.2, 0.25) is 0 Å². The molecule has 0 aliphatic carbocycles. The van der Waals surface area contributed by atoms with Crippen LogP contribution in [0.25, 0.3) is 0 Å². The Morgan fingerprint density at radius 2 is 1.81 bits per heavy atom. The zero-order valence-corrected chi connectivity index (χ0v) is 16.3. The molecule has 0 saturated carbocycles. The fourth-order valence-electron chi connectivity index (χ4n) is 3.21. The first-order valence-electron chi connectivity index (χ1n) is 9.00. The minimum absolute atomic E-state index is 0.279. The second-order valence-corrected chi connectivity index (χ2v) is 8.95. The smallest absolute Gasteiger partial charge is 0.249 e. The van der Waals surface area contributed by atoms with Crippen LogP contribution < -0.4 is 14.4 Å². The van der Waals surface area contributed by atoms with E-state index in [2.05, 4.69) is 5.32 Å². The lowest BCUT2D eigenvalue weighted by Gasteiger charge is -2.39. The van der Waals surface area contributed by atoms with Crippen molar-refractivity contribution in [2.24, 2.45) is 0 Å². The van der Waals surface area contributed by atoms with E-state index in [0.717, 1.165) is 0 Å². The van der Waals surface area contributed by atoms with Gasteiger partial charge in [0.25, 0.3) is 0 Å². The standard InChI is InChI=1S/C20H24N2O4S/c1-3-26-18-12-10-16(11-13-18)21-19(23)20(2)14-7-15-22(27(20,24)25)17-8-5-4-6-9-17/h4-6,8-13H,3,7,14-15H2,1-2H3,(H,21,23)/t20-/m1/s1. The van der Waals surface area contributed by atoms with Crippen LogP contribution in [0.15, 0.2) is 54.6 Å². The highest BCUT2D eigenvalue weighted by molar-refractivity contribution is 7.95. The van der Waals surface area contributed by atoms with E-state index in [1.165, 1.54) is 11.2 Å². The average molecular weight is 388 g/mol. The minimum Gasteiger partial charge on any atom is -0.494 e. The third kappa shape index (κ3) is 3.64. The van der Waals surface area contributed by atoms with Crippen molar-refractivity contribution in [1.29, 1.82) is 0 Å². The number of nitrogens with zero attached hydrogens (tertiary/aromatic N) is 1. The van der Waals surface area contributed by atoms with E-state index in [1.54, 1.807) is 48.5 Å². The Hall–Kier alpha value is -2.54. The van der Waals surface area contributed by atoms with E-state index in [0.29, 0.717) is 36.7 Å². The van der Waals surface area contributed by atoms with Gasteiger partial charge in [-0.15, -0.1) is 0 Å². The molecule has 1 N–H and O–H groups in total. The first-order chi connectivity index (χ1) is 12.9. The van der Waals surface area contributed by atoms with Gasteiger partial charge in [0.1, 0.15) is 5.75 Å². The fraction of sp³-hybridized carbons (Fsp3) is 0.350. The van der Waals surface area contributed by atoms with Gasteiger partial charge in [0.05, 0.1) is 12.3 Å². The quantitative estimate of drug-likeness (QED) is 0.852. The number of anilines is 2. The van der Waals surface area contributed by atoms with Crippen LogP contribution in [0, 0.1) is 0 Å². The monoisotopic (exact) mass is 388 g/mol. The van der Waals surface area contributed by atoms with Gasteiger partial charge < -0.3 is 10.1 Å². The Morgan fingerprint density at radius 3 is 2.44 bits per heavy atom. The van der Waals surface area contributed by atoms with E-state index >= 15 is 0 Å². The van der Waals surface area contributed by atoms with E-state index in [4.69, 9.17) is 4.74 Å². The zero-order valence-electron chi connectivity index (χ0n) is 15.5. The molecule has 1 saturated heterocycles. The average Bonchev–Trinajstić information content (AvgIpc) is 2.66. The van der Waals surface area contributed by atoms with Crippen LogP contribution in [0.4, 0.5) is 11.4 Å². The van der Waals surface area contributed by atoms with Gasteiger partial charge in [0.15, 0.2) is 4.75 Å². The molecule has 7 heteroatoms. The summed E-state index contributed by atoms with van der Waals surface area (Å²) in [5.41, 5.74) is 1.12. The molecule has 1 heterocycles. The summed E-state index contributed by atoms with van der Waals surface area (Å²) in [4.78, 5) is 12.9. The number of para-hydroxylation sites is 1. The molecule has 0 unspecified atom stereocenters. The number of amides is 1. The topological polar surface area (TPSA) is 75.7 Å². The van der Waals surface area contributed by atoms with Crippen molar-refractivity contribution in [1.82, 2.24) is 0 Å². The summed E-state index contributed by atoms with van der Waals surface area (Å²) in [5, 5.41) is 2.75. The predicted molar refractivity (Wildman–Crippen MR) is 107 cm³/mol. The summed E-state index contributed by atoms with van der Waals surface area (Å²) in [6.07, 6.45) is 0.892. The second kappa shape index (κ2) is 7.60. The molecule has 2 aromatic rings. The molecule has 27 heavy (non-hydrogen) atoms. The van der Waals surface area contributed by atoms with Gasteiger partial charge in [-0.3, -0.25) is 9.10 Å².